The maximum Gasteiger partial charge on any atom is 0.573 e. The van der Waals surface area contributed by atoms with Crippen molar-refractivity contribution in [2.24, 2.45) is 0 Å². The van der Waals surface area contributed by atoms with Crippen molar-refractivity contribution in [2.45, 2.75) is 6.36 Å². The molecular weight excluding hydrogens is 207 g/mol. The fourth-order valence-corrected chi connectivity index (χ4v) is 1.26. The number of pyridine rings is 1. The lowest BCUT2D eigenvalue weighted by molar-refractivity contribution is -0.274. The standard InChI is InChI=1S/C10H6F3NO/c11-10(12,13)15-9-2-1-8-6-14-4-3-7(8)5-9/h1-6H. The molecule has 1 aromatic carbocycles. The van der Waals surface area contributed by atoms with Gasteiger partial charge in [-0.3, -0.25) is 4.98 Å². The number of halogens is 3. The van der Waals surface area contributed by atoms with Crippen LogP contribution in [0.2, 0.25) is 0 Å². The Morgan fingerprint density at radius 1 is 1.07 bits per heavy atom. The van der Waals surface area contributed by atoms with E-state index in [4.69, 9.17) is 0 Å². The summed E-state index contributed by atoms with van der Waals surface area (Å²) in [7, 11) is 0. The molecule has 5 heteroatoms. The van der Waals surface area contributed by atoms with Gasteiger partial charge in [0.1, 0.15) is 5.75 Å². The van der Waals surface area contributed by atoms with Gasteiger partial charge in [0, 0.05) is 17.8 Å². The molecule has 0 bridgehead atoms. The van der Waals surface area contributed by atoms with E-state index >= 15 is 0 Å². The van der Waals surface area contributed by atoms with E-state index in [1.165, 1.54) is 24.4 Å². The largest absolute Gasteiger partial charge is 0.573 e. The minimum atomic E-state index is -4.65. The molecule has 2 nitrogen and oxygen atoms in total. The Kier molecular flexibility index (Phi) is 2.22. The molecule has 78 valence electrons. The van der Waals surface area contributed by atoms with Crippen LogP contribution in [0.15, 0.2) is 36.7 Å². The van der Waals surface area contributed by atoms with E-state index in [9.17, 15) is 13.2 Å². The van der Waals surface area contributed by atoms with E-state index in [-0.39, 0.29) is 5.75 Å². The highest BCUT2D eigenvalue weighted by Gasteiger charge is 2.31. The molecule has 2 aromatic rings. The van der Waals surface area contributed by atoms with Crippen LogP contribution in [0.4, 0.5) is 13.2 Å². The number of rotatable bonds is 1. The Bertz CT molecular complexity index is 481. The molecule has 0 saturated heterocycles. The van der Waals surface area contributed by atoms with Crippen LogP contribution in [-0.4, -0.2) is 11.3 Å². The molecule has 0 amide bonds. The predicted octanol–water partition coefficient (Wildman–Crippen LogP) is 3.13. The number of nitrogens with zero attached hydrogens (tertiary/aromatic N) is 1. The minimum Gasteiger partial charge on any atom is -0.406 e. The molecule has 0 aliphatic carbocycles. The van der Waals surface area contributed by atoms with Gasteiger partial charge in [0.2, 0.25) is 0 Å². The van der Waals surface area contributed by atoms with Crippen molar-refractivity contribution < 1.29 is 17.9 Å². The van der Waals surface area contributed by atoms with Crippen molar-refractivity contribution in [3.8, 4) is 5.75 Å². The second-order valence-corrected chi connectivity index (χ2v) is 2.93. The van der Waals surface area contributed by atoms with Crippen molar-refractivity contribution in [1.82, 2.24) is 4.98 Å². The first-order chi connectivity index (χ1) is 7.04. The smallest absolute Gasteiger partial charge is 0.406 e. The average molecular weight is 213 g/mol. The Morgan fingerprint density at radius 2 is 1.87 bits per heavy atom. The van der Waals surface area contributed by atoms with Gasteiger partial charge in [0.25, 0.3) is 0 Å². The highest BCUT2D eigenvalue weighted by molar-refractivity contribution is 5.82. The van der Waals surface area contributed by atoms with Crippen LogP contribution in [0, 0.1) is 0 Å². The fourth-order valence-electron chi connectivity index (χ4n) is 1.26. The first-order valence-electron chi connectivity index (χ1n) is 4.14. The second kappa shape index (κ2) is 3.42. The lowest BCUT2D eigenvalue weighted by Crippen LogP contribution is -2.16. The lowest BCUT2D eigenvalue weighted by atomic mass is 10.2. The highest BCUT2D eigenvalue weighted by Crippen LogP contribution is 2.25. The summed E-state index contributed by atoms with van der Waals surface area (Å²) in [6.07, 6.45) is -1.56. The normalized spacial score (nSPS) is 11.7. The molecule has 0 saturated carbocycles. The Hall–Kier alpha value is -1.78. The van der Waals surface area contributed by atoms with Crippen LogP contribution < -0.4 is 4.74 Å². The molecule has 0 aliphatic rings. The van der Waals surface area contributed by atoms with Crippen LogP contribution in [0.3, 0.4) is 0 Å². The quantitative estimate of drug-likeness (QED) is 0.726. The monoisotopic (exact) mass is 213 g/mol. The summed E-state index contributed by atoms with van der Waals surface area (Å²) in [6, 6.07) is 5.74. The SMILES string of the molecule is FC(F)(F)Oc1ccc2cnccc2c1. The van der Waals surface area contributed by atoms with Crippen molar-refractivity contribution >= 4 is 10.8 Å². The third-order valence-electron chi connectivity index (χ3n) is 1.85. The Labute approximate surface area is 83.3 Å². The van der Waals surface area contributed by atoms with E-state index in [0.717, 1.165) is 5.39 Å². The molecular formula is C10H6F3NO. The summed E-state index contributed by atoms with van der Waals surface area (Å²) in [4.78, 5) is 3.85. The van der Waals surface area contributed by atoms with Gasteiger partial charge < -0.3 is 4.74 Å². The van der Waals surface area contributed by atoms with Gasteiger partial charge in [-0.05, 0) is 29.7 Å². The lowest BCUT2D eigenvalue weighted by Gasteiger charge is -2.08. The van der Waals surface area contributed by atoms with E-state index in [0.29, 0.717) is 5.39 Å². The number of hydrogen-bond donors (Lipinski definition) is 0. The van der Waals surface area contributed by atoms with Crippen LogP contribution in [0.1, 0.15) is 0 Å². The summed E-state index contributed by atoms with van der Waals surface area (Å²) < 4.78 is 39.5. The molecule has 0 radical (unpaired) electrons. The summed E-state index contributed by atoms with van der Waals surface area (Å²) in [6.45, 7) is 0. The molecule has 1 heterocycles. The predicted molar refractivity (Wildman–Crippen MR) is 48.4 cm³/mol. The molecule has 0 aliphatic heterocycles. The topological polar surface area (TPSA) is 22.1 Å². The van der Waals surface area contributed by atoms with Crippen LogP contribution in [0.25, 0.3) is 10.8 Å². The molecule has 2 rings (SSSR count). The van der Waals surface area contributed by atoms with E-state index in [2.05, 4.69) is 9.72 Å². The molecule has 0 atom stereocenters. The average Bonchev–Trinajstić information content (AvgIpc) is 2.15. The van der Waals surface area contributed by atoms with E-state index in [1.807, 2.05) is 0 Å². The zero-order valence-corrected chi connectivity index (χ0v) is 7.45. The van der Waals surface area contributed by atoms with Gasteiger partial charge in [0.05, 0.1) is 0 Å². The maximum atomic E-state index is 11.9. The van der Waals surface area contributed by atoms with Gasteiger partial charge in [-0.2, -0.15) is 0 Å². The molecule has 15 heavy (non-hydrogen) atoms. The van der Waals surface area contributed by atoms with Crippen molar-refractivity contribution in [3.63, 3.8) is 0 Å². The molecule has 0 spiro atoms. The van der Waals surface area contributed by atoms with Gasteiger partial charge in [-0.15, -0.1) is 13.2 Å². The number of fused-ring (bicyclic) bond motifs is 1. The highest BCUT2D eigenvalue weighted by atomic mass is 19.4. The number of benzene rings is 1. The molecule has 0 unspecified atom stereocenters. The zero-order chi connectivity index (χ0) is 10.9. The number of aromatic nitrogens is 1. The van der Waals surface area contributed by atoms with Crippen LogP contribution in [0.5, 0.6) is 5.75 Å². The van der Waals surface area contributed by atoms with Crippen LogP contribution >= 0.6 is 0 Å². The van der Waals surface area contributed by atoms with E-state index < -0.39 is 6.36 Å². The fraction of sp³-hybridized carbons (Fsp3) is 0.100. The third-order valence-corrected chi connectivity index (χ3v) is 1.85. The third kappa shape index (κ3) is 2.37. The molecule has 1 aromatic heterocycles. The van der Waals surface area contributed by atoms with Crippen molar-refractivity contribution in [3.05, 3.63) is 36.7 Å². The first kappa shape index (κ1) is 9.76. The minimum absolute atomic E-state index is 0.221. The van der Waals surface area contributed by atoms with Gasteiger partial charge in [0.15, 0.2) is 0 Å². The second-order valence-electron chi connectivity index (χ2n) is 2.93. The first-order valence-corrected chi connectivity index (χ1v) is 4.14. The van der Waals surface area contributed by atoms with Gasteiger partial charge >= 0.3 is 6.36 Å². The number of hydrogen-bond acceptors (Lipinski definition) is 2. The summed E-state index contributed by atoms with van der Waals surface area (Å²) in [5, 5.41) is 1.43. The summed E-state index contributed by atoms with van der Waals surface area (Å²) in [5.74, 6) is -0.221. The van der Waals surface area contributed by atoms with Crippen molar-refractivity contribution in [2.75, 3.05) is 0 Å². The van der Waals surface area contributed by atoms with Gasteiger partial charge in [-0.1, -0.05) is 0 Å². The molecule has 0 fully saturated rings. The molecule has 0 N–H and O–H groups in total. The Morgan fingerprint density at radius 3 is 2.60 bits per heavy atom. The van der Waals surface area contributed by atoms with E-state index in [1.54, 1.807) is 12.3 Å². The van der Waals surface area contributed by atoms with Crippen LogP contribution in [-0.2, 0) is 0 Å². The maximum absolute atomic E-state index is 11.9. The zero-order valence-electron chi connectivity index (χ0n) is 7.45. The van der Waals surface area contributed by atoms with Crippen molar-refractivity contribution in [1.29, 1.82) is 0 Å². The number of alkyl halides is 3. The summed E-state index contributed by atoms with van der Waals surface area (Å²) >= 11 is 0. The Balaban J connectivity index is 2.39. The van der Waals surface area contributed by atoms with Gasteiger partial charge in [-0.25, -0.2) is 0 Å². The summed E-state index contributed by atoms with van der Waals surface area (Å²) in [5.41, 5.74) is 0. The number of ether oxygens (including phenoxy) is 1.